The van der Waals surface area contributed by atoms with Gasteiger partial charge in [-0.05, 0) is 44.0 Å². The van der Waals surface area contributed by atoms with Crippen LogP contribution in [0.4, 0.5) is 4.39 Å². The maximum Gasteiger partial charge on any atom is 0.165 e. The quantitative estimate of drug-likeness (QED) is 0.641. The molecule has 0 saturated heterocycles. The minimum atomic E-state index is -0.335. The van der Waals surface area contributed by atoms with E-state index in [0.717, 1.165) is 24.9 Å². The Labute approximate surface area is 119 Å². The number of benzene rings is 1. The average molecular weight is 285 g/mol. The predicted molar refractivity (Wildman–Crippen MR) is 76.5 cm³/mol. The van der Waals surface area contributed by atoms with Crippen LogP contribution in [0.25, 0.3) is 0 Å². The van der Waals surface area contributed by atoms with Gasteiger partial charge in [0.15, 0.2) is 11.6 Å². The first-order valence-corrected chi connectivity index (χ1v) is 7.00. The highest BCUT2D eigenvalue weighted by atomic mass is 19.1. The fraction of sp³-hybridized carbons (Fsp3) is 0.600. The van der Waals surface area contributed by atoms with Crippen LogP contribution in [-0.4, -0.2) is 54.6 Å². The molecule has 0 unspecified atom stereocenters. The van der Waals surface area contributed by atoms with Gasteiger partial charge in [-0.1, -0.05) is 6.07 Å². The van der Waals surface area contributed by atoms with Crippen molar-refractivity contribution in [3.05, 3.63) is 29.6 Å². The maximum absolute atomic E-state index is 13.4. The predicted octanol–water partition coefficient (Wildman–Crippen LogP) is 1.58. The SMILES string of the molecule is Cc1ccc(F)c(OCCCCN(CCO)CCO)c1. The van der Waals surface area contributed by atoms with E-state index in [0.29, 0.717) is 25.4 Å². The summed E-state index contributed by atoms with van der Waals surface area (Å²) in [4.78, 5) is 1.99. The van der Waals surface area contributed by atoms with Crippen molar-refractivity contribution in [2.24, 2.45) is 0 Å². The molecule has 114 valence electrons. The van der Waals surface area contributed by atoms with Crippen LogP contribution in [0, 0.1) is 12.7 Å². The lowest BCUT2D eigenvalue weighted by molar-refractivity contribution is 0.157. The zero-order chi connectivity index (χ0) is 14.8. The average Bonchev–Trinajstić information content (AvgIpc) is 2.42. The number of rotatable bonds is 10. The molecule has 0 aliphatic carbocycles. The molecule has 0 bridgehead atoms. The van der Waals surface area contributed by atoms with Crippen LogP contribution >= 0.6 is 0 Å². The number of hydrogen-bond acceptors (Lipinski definition) is 4. The zero-order valence-electron chi connectivity index (χ0n) is 12.0. The maximum atomic E-state index is 13.4. The number of ether oxygens (including phenoxy) is 1. The normalized spacial score (nSPS) is 11.1. The molecular weight excluding hydrogens is 261 g/mol. The van der Waals surface area contributed by atoms with Crippen LogP contribution in [0.2, 0.25) is 0 Å². The van der Waals surface area contributed by atoms with Crippen LogP contribution in [0.5, 0.6) is 5.75 Å². The van der Waals surface area contributed by atoms with Crippen molar-refractivity contribution in [2.45, 2.75) is 19.8 Å². The van der Waals surface area contributed by atoms with Gasteiger partial charge in [0, 0.05) is 13.1 Å². The topological polar surface area (TPSA) is 52.9 Å². The van der Waals surface area contributed by atoms with Crippen LogP contribution in [0.1, 0.15) is 18.4 Å². The summed E-state index contributed by atoms with van der Waals surface area (Å²) in [5, 5.41) is 17.8. The number of aliphatic hydroxyl groups is 2. The Morgan fingerprint density at radius 2 is 1.80 bits per heavy atom. The molecule has 0 atom stereocenters. The van der Waals surface area contributed by atoms with Crippen LogP contribution < -0.4 is 4.74 Å². The molecule has 1 aromatic rings. The summed E-state index contributed by atoms with van der Waals surface area (Å²) >= 11 is 0. The molecule has 1 aromatic carbocycles. The second kappa shape index (κ2) is 9.69. The molecule has 0 aliphatic rings. The van der Waals surface area contributed by atoms with Gasteiger partial charge in [-0.25, -0.2) is 4.39 Å². The first kappa shape index (κ1) is 16.9. The smallest absolute Gasteiger partial charge is 0.165 e. The zero-order valence-corrected chi connectivity index (χ0v) is 12.0. The molecule has 5 heteroatoms. The van der Waals surface area contributed by atoms with E-state index in [1.54, 1.807) is 12.1 Å². The molecule has 2 N–H and O–H groups in total. The van der Waals surface area contributed by atoms with Crippen molar-refractivity contribution in [2.75, 3.05) is 39.5 Å². The monoisotopic (exact) mass is 285 g/mol. The molecule has 0 aliphatic heterocycles. The first-order chi connectivity index (χ1) is 9.67. The van der Waals surface area contributed by atoms with E-state index in [1.165, 1.54) is 6.07 Å². The van der Waals surface area contributed by atoms with Crippen LogP contribution in [0.3, 0.4) is 0 Å². The number of aliphatic hydroxyl groups excluding tert-OH is 2. The van der Waals surface area contributed by atoms with E-state index in [2.05, 4.69) is 0 Å². The van der Waals surface area contributed by atoms with Gasteiger partial charge < -0.3 is 14.9 Å². The van der Waals surface area contributed by atoms with E-state index >= 15 is 0 Å². The van der Waals surface area contributed by atoms with Crippen molar-refractivity contribution in [1.29, 1.82) is 0 Å². The van der Waals surface area contributed by atoms with E-state index in [1.807, 2.05) is 11.8 Å². The number of unbranched alkanes of at least 4 members (excludes halogenated alkanes) is 1. The Morgan fingerprint density at radius 1 is 1.10 bits per heavy atom. The van der Waals surface area contributed by atoms with Crippen molar-refractivity contribution in [3.8, 4) is 5.75 Å². The van der Waals surface area contributed by atoms with Crippen molar-refractivity contribution >= 4 is 0 Å². The molecule has 4 nitrogen and oxygen atoms in total. The van der Waals surface area contributed by atoms with Gasteiger partial charge in [0.1, 0.15) is 0 Å². The van der Waals surface area contributed by atoms with Gasteiger partial charge in [-0.15, -0.1) is 0 Å². The Balaban J connectivity index is 2.22. The van der Waals surface area contributed by atoms with Gasteiger partial charge in [0.25, 0.3) is 0 Å². The summed E-state index contributed by atoms with van der Waals surface area (Å²) in [5.74, 6) is -0.0367. The Hall–Kier alpha value is -1.17. The van der Waals surface area contributed by atoms with Gasteiger partial charge in [0.05, 0.1) is 19.8 Å². The number of nitrogens with zero attached hydrogens (tertiary/aromatic N) is 1. The van der Waals surface area contributed by atoms with E-state index in [9.17, 15) is 4.39 Å². The third-order valence-corrected chi connectivity index (χ3v) is 3.05. The Kier molecular flexibility index (Phi) is 8.18. The number of halogens is 1. The first-order valence-electron chi connectivity index (χ1n) is 7.00. The lowest BCUT2D eigenvalue weighted by atomic mass is 10.2. The second-order valence-corrected chi connectivity index (χ2v) is 4.78. The number of hydrogen-bond donors (Lipinski definition) is 2. The third kappa shape index (κ3) is 6.32. The van der Waals surface area contributed by atoms with Crippen molar-refractivity contribution < 1.29 is 19.3 Å². The van der Waals surface area contributed by atoms with Crippen molar-refractivity contribution in [3.63, 3.8) is 0 Å². The highest BCUT2D eigenvalue weighted by Gasteiger charge is 2.05. The summed E-state index contributed by atoms with van der Waals surface area (Å²) in [5.41, 5.74) is 0.971. The summed E-state index contributed by atoms with van der Waals surface area (Å²) in [6.45, 7) is 4.46. The van der Waals surface area contributed by atoms with Gasteiger partial charge in [-0.2, -0.15) is 0 Å². The molecule has 1 rings (SSSR count). The van der Waals surface area contributed by atoms with E-state index in [-0.39, 0.29) is 19.0 Å². The lowest BCUT2D eigenvalue weighted by Gasteiger charge is -2.19. The largest absolute Gasteiger partial charge is 0.491 e. The van der Waals surface area contributed by atoms with Gasteiger partial charge in [-0.3, -0.25) is 4.90 Å². The van der Waals surface area contributed by atoms with Crippen LogP contribution in [0.15, 0.2) is 18.2 Å². The summed E-state index contributed by atoms with van der Waals surface area (Å²) in [6.07, 6.45) is 1.69. The Morgan fingerprint density at radius 3 is 2.45 bits per heavy atom. The van der Waals surface area contributed by atoms with E-state index in [4.69, 9.17) is 14.9 Å². The molecular formula is C15H24FNO3. The van der Waals surface area contributed by atoms with Crippen molar-refractivity contribution in [1.82, 2.24) is 4.90 Å². The standard InChI is InChI=1S/C15H24FNO3/c1-13-4-5-14(16)15(12-13)20-11-3-2-6-17(7-9-18)8-10-19/h4-5,12,18-19H,2-3,6-11H2,1H3. The fourth-order valence-corrected chi connectivity index (χ4v) is 1.96. The lowest BCUT2D eigenvalue weighted by Crippen LogP contribution is -2.31. The molecule has 0 radical (unpaired) electrons. The summed E-state index contributed by atoms with van der Waals surface area (Å²) in [6, 6.07) is 4.82. The molecule has 0 spiro atoms. The molecule has 0 saturated carbocycles. The highest BCUT2D eigenvalue weighted by Crippen LogP contribution is 2.18. The Bertz CT molecular complexity index is 381. The minimum Gasteiger partial charge on any atom is -0.491 e. The number of aryl methyl sites for hydroxylation is 1. The summed E-state index contributed by atoms with van der Waals surface area (Å²) in [7, 11) is 0. The third-order valence-electron chi connectivity index (χ3n) is 3.05. The molecule has 0 amide bonds. The molecule has 20 heavy (non-hydrogen) atoms. The molecule has 0 fully saturated rings. The highest BCUT2D eigenvalue weighted by molar-refractivity contribution is 5.29. The molecule has 0 heterocycles. The van der Waals surface area contributed by atoms with Gasteiger partial charge in [0.2, 0.25) is 0 Å². The minimum absolute atomic E-state index is 0.0883. The fourth-order valence-electron chi connectivity index (χ4n) is 1.96. The second-order valence-electron chi connectivity index (χ2n) is 4.78. The van der Waals surface area contributed by atoms with E-state index < -0.39 is 0 Å². The summed E-state index contributed by atoms with van der Waals surface area (Å²) < 4.78 is 18.8. The molecule has 0 aromatic heterocycles. The van der Waals surface area contributed by atoms with Crippen LogP contribution in [-0.2, 0) is 0 Å². The van der Waals surface area contributed by atoms with Gasteiger partial charge >= 0.3 is 0 Å².